The van der Waals surface area contributed by atoms with Crippen LogP contribution in [-0.2, 0) is 6.54 Å². The van der Waals surface area contributed by atoms with Crippen molar-refractivity contribution in [2.75, 3.05) is 0 Å². The maximum atomic E-state index is 6.21. The third kappa shape index (κ3) is 2.82. The molecule has 0 amide bonds. The van der Waals surface area contributed by atoms with E-state index in [-0.39, 0.29) is 0 Å². The van der Waals surface area contributed by atoms with Crippen LogP contribution in [0, 0.1) is 13.8 Å². The van der Waals surface area contributed by atoms with Crippen LogP contribution in [0.5, 0.6) is 0 Å². The Morgan fingerprint density at radius 3 is 2.70 bits per heavy atom. The van der Waals surface area contributed by atoms with E-state index in [1.165, 1.54) is 36.6 Å². The molecule has 1 saturated carbocycles. The zero-order chi connectivity index (χ0) is 14.1. The Morgan fingerprint density at radius 2 is 1.95 bits per heavy atom. The van der Waals surface area contributed by atoms with Crippen LogP contribution in [0.4, 0.5) is 0 Å². The predicted molar refractivity (Wildman–Crippen MR) is 85.3 cm³/mol. The van der Waals surface area contributed by atoms with Gasteiger partial charge in [0, 0.05) is 28.7 Å². The van der Waals surface area contributed by atoms with Crippen molar-refractivity contribution in [2.45, 2.75) is 52.1 Å². The van der Waals surface area contributed by atoms with Crippen molar-refractivity contribution in [3.8, 4) is 0 Å². The molecular weight excluding hydrogens is 268 g/mol. The van der Waals surface area contributed by atoms with Gasteiger partial charge in [0.15, 0.2) is 0 Å². The van der Waals surface area contributed by atoms with E-state index in [2.05, 4.69) is 30.2 Å². The normalized spacial score (nSPS) is 16.1. The molecule has 1 fully saturated rings. The van der Waals surface area contributed by atoms with Gasteiger partial charge in [-0.05, 0) is 56.0 Å². The minimum atomic E-state index is 0.679. The van der Waals surface area contributed by atoms with E-state index in [0.29, 0.717) is 6.04 Å². The number of halogens is 1. The number of rotatable bonds is 3. The molecule has 0 spiro atoms. The fraction of sp³-hybridized carbons (Fsp3) is 0.471. The smallest absolute Gasteiger partial charge is 0.0738 e. The van der Waals surface area contributed by atoms with Gasteiger partial charge in [-0.2, -0.15) is 0 Å². The summed E-state index contributed by atoms with van der Waals surface area (Å²) in [6.45, 7) is 5.05. The van der Waals surface area contributed by atoms with E-state index in [1.807, 2.05) is 12.1 Å². The number of pyridine rings is 1. The molecule has 0 bridgehead atoms. The molecule has 1 N–H and O–H groups in total. The van der Waals surface area contributed by atoms with Gasteiger partial charge in [-0.1, -0.05) is 24.4 Å². The molecule has 2 nitrogen and oxygen atoms in total. The van der Waals surface area contributed by atoms with Crippen molar-refractivity contribution in [1.29, 1.82) is 0 Å². The summed E-state index contributed by atoms with van der Waals surface area (Å²) in [5.74, 6) is 0. The number of fused-ring (bicyclic) bond motifs is 1. The van der Waals surface area contributed by atoms with Crippen molar-refractivity contribution in [1.82, 2.24) is 10.3 Å². The third-order valence-corrected chi connectivity index (χ3v) is 4.44. The number of aromatic nitrogens is 1. The van der Waals surface area contributed by atoms with Crippen molar-refractivity contribution >= 4 is 22.5 Å². The van der Waals surface area contributed by atoms with Gasteiger partial charge in [-0.3, -0.25) is 4.98 Å². The Hall–Kier alpha value is -1.12. The van der Waals surface area contributed by atoms with E-state index in [9.17, 15) is 0 Å². The standard InChI is InChI=1S/C17H21ClN2/c1-11-7-14(18)9-16-13(8-12(2)20-17(11)16)10-19-15-5-3-4-6-15/h7-9,15,19H,3-6,10H2,1-2H3. The number of nitrogens with one attached hydrogen (secondary N) is 1. The van der Waals surface area contributed by atoms with E-state index in [1.54, 1.807) is 0 Å². The first kappa shape index (κ1) is 13.8. The lowest BCUT2D eigenvalue weighted by Gasteiger charge is -2.15. The molecule has 0 aliphatic heterocycles. The van der Waals surface area contributed by atoms with Crippen LogP contribution in [0.2, 0.25) is 5.02 Å². The summed E-state index contributed by atoms with van der Waals surface area (Å²) in [5.41, 5.74) is 4.62. The van der Waals surface area contributed by atoms with Gasteiger partial charge >= 0.3 is 0 Å². The second-order valence-corrected chi connectivity index (χ2v) is 6.34. The number of nitrogens with zero attached hydrogens (tertiary/aromatic N) is 1. The number of aryl methyl sites for hydroxylation is 2. The molecule has 0 unspecified atom stereocenters. The van der Waals surface area contributed by atoms with E-state index >= 15 is 0 Å². The second-order valence-electron chi connectivity index (χ2n) is 5.90. The maximum absolute atomic E-state index is 6.21. The first-order valence-electron chi connectivity index (χ1n) is 7.43. The molecule has 3 heteroatoms. The summed E-state index contributed by atoms with van der Waals surface area (Å²) >= 11 is 6.21. The molecule has 3 rings (SSSR count). The zero-order valence-electron chi connectivity index (χ0n) is 12.2. The fourth-order valence-corrected chi connectivity index (χ4v) is 3.47. The lowest BCUT2D eigenvalue weighted by molar-refractivity contribution is 0.525. The summed E-state index contributed by atoms with van der Waals surface area (Å²) in [6, 6.07) is 6.89. The Balaban J connectivity index is 1.95. The average molecular weight is 289 g/mol. The molecule has 1 aromatic heterocycles. The quantitative estimate of drug-likeness (QED) is 0.897. The highest BCUT2D eigenvalue weighted by Crippen LogP contribution is 2.26. The summed E-state index contributed by atoms with van der Waals surface area (Å²) in [7, 11) is 0. The van der Waals surface area contributed by atoms with E-state index in [0.717, 1.165) is 28.3 Å². The van der Waals surface area contributed by atoms with Crippen LogP contribution in [0.25, 0.3) is 10.9 Å². The lowest BCUT2D eigenvalue weighted by Crippen LogP contribution is -2.25. The maximum Gasteiger partial charge on any atom is 0.0738 e. The molecule has 1 heterocycles. The average Bonchev–Trinajstić information content (AvgIpc) is 2.90. The molecule has 1 aromatic carbocycles. The highest BCUT2D eigenvalue weighted by atomic mass is 35.5. The van der Waals surface area contributed by atoms with Gasteiger partial charge in [-0.15, -0.1) is 0 Å². The van der Waals surface area contributed by atoms with Crippen molar-refractivity contribution in [3.63, 3.8) is 0 Å². The van der Waals surface area contributed by atoms with Gasteiger partial charge in [0.25, 0.3) is 0 Å². The van der Waals surface area contributed by atoms with Crippen molar-refractivity contribution < 1.29 is 0 Å². The van der Waals surface area contributed by atoms with Crippen LogP contribution >= 0.6 is 11.6 Å². The zero-order valence-corrected chi connectivity index (χ0v) is 12.9. The van der Waals surface area contributed by atoms with Gasteiger partial charge in [-0.25, -0.2) is 0 Å². The molecule has 0 radical (unpaired) electrons. The van der Waals surface area contributed by atoms with Gasteiger partial charge in [0.1, 0.15) is 0 Å². The third-order valence-electron chi connectivity index (χ3n) is 4.22. The predicted octanol–water partition coefficient (Wildman–Crippen LogP) is 4.54. The van der Waals surface area contributed by atoms with Crippen LogP contribution in [0.15, 0.2) is 18.2 Å². The fourth-order valence-electron chi connectivity index (χ4n) is 3.20. The molecular formula is C17H21ClN2. The molecule has 1 aliphatic rings. The SMILES string of the molecule is Cc1cc(CNC2CCCC2)c2cc(Cl)cc(C)c2n1. The van der Waals surface area contributed by atoms with Crippen molar-refractivity contribution in [3.05, 3.63) is 40.0 Å². The summed E-state index contributed by atoms with van der Waals surface area (Å²) in [5, 5.41) is 5.67. The minimum absolute atomic E-state index is 0.679. The molecule has 2 aromatic rings. The van der Waals surface area contributed by atoms with Crippen LogP contribution in [0.3, 0.4) is 0 Å². The van der Waals surface area contributed by atoms with Crippen LogP contribution in [-0.4, -0.2) is 11.0 Å². The first-order valence-corrected chi connectivity index (χ1v) is 7.81. The van der Waals surface area contributed by atoms with Crippen molar-refractivity contribution in [2.24, 2.45) is 0 Å². The van der Waals surface area contributed by atoms with E-state index < -0.39 is 0 Å². The second kappa shape index (κ2) is 5.71. The number of hydrogen-bond donors (Lipinski definition) is 1. The first-order chi connectivity index (χ1) is 9.63. The molecule has 20 heavy (non-hydrogen) atoms. The van der Waals surface area contributed by atoms with Crippen LogP contribution in [0.1, 0.15) is 42.5 Å². The highest BCUT2D eigenvalue weighted by molar-refractivity contribution is 6.31. The topological polar surface area (TPSA) is 24.9 Å². The largest absolute Gasteiger partial charge is 0.310 e. The summed E-state index contributed by atoms with van der Waals surface area (Å²) in [4.78, 5) is 4.67. The Kier molecular flexibility index (Phi) is 3.95. The number of benzene rings is 1. The van der Waals surface area contributed by atoms with Crippen LogP contribution < -0.4 is 5.32 Å². The number of hydrogen-bond acceptors (Lipinski definition) is 2. The van der Waals surface area contributed by atoms with E-state index in [4.69, 9.17) is 11.6 Å². The molecule has 106 valence electrons. The van der Waals surface area contributed by atoms with Gasteiger partial charge in [0.05, 0.1) is 5.52 Å². The molecule has 1 aliphatic carbocycles. The van der Waals surface area contributed by atoms with Gasteiger partial charge < -0.3 is 5.32 Å². The Morgan fingerprint density at radius 1 is 1.20 bits per heavy atom. The molecule has 0 atom stereocenters. The monoisotopic (exact) mass is 288 g/mol. The minimum Gasteiger partial charge on any atom is -0.310 e. The summed E-state index contributed by atoms with van der Waals surface area (Å²) in [6.07, 6.45) is 5.33. The molecule has 0 saturated heterocycles. The lowest BCUT2D eigenvalue weighted by atomic mass is 10.0. The summed E-state index contributed by atoms with van der Waals surface area (Å²) < 4.78 is 0. The van der Waals surface area contributed by atoms with Gasteiger partial charge in [0.2, 0.25) is 0 Å². The highest BCUT2D eigenvalue weighted by Gasteiger charge is 2.15. The Labute approximate surface area is 125 Å². The Bertz CT molecular complexity index is 630.